The molecule has 7 heteroatoms. The highest BCUT2D eigenvalue weighted by atomic mass is 16.6. The van der Waals surface area contributed by atoms with Gasteiger partial charge in [0.05, 0.1) is 0 Å². The van der Waals surface area contributed by atoms with Crippen molar-refractivity contribution in [1.82, 2.24) is 4.90 Å². The summed E-state index contributed by atoms with van der Waals surface area (Å²) in [5, 5.41) is 12.4. The van der Waals surface area contributed by atoms with E-state index in [2.05, 4.69) is 5.16 Å². The molecule has 1 atom stereocenters. The number of esters is 1. The fourth-order valence-corrected chi connectivity index (χ4v) is 2.86. The number of rotatable bonds is 0. The Morgan fingerprint density at radius 1 is 1.43 bits per heavy atom. The molecule has 0 saturated carbocycles. The van der Waals surface area contributed by atoms with Crippen LogP contribution in [0.1, 0.15) is 40.5 Å². The van der Waals surface area contributed by atoms with Crippen LogP contribution in [-0.4, -0.2) is 52.7 Å². The van der Waals surface area contributed by atoms with Crippen molar-refractivity contribution >= 4 is 17.8 Å². The molecule has 1 unspecified atom stereocenters. The molecule has 2 saturated heterocycles. The van der Waals surface area contributed by atoms with Gasteiger partial charge in [-0.25, -0.2) is 4.79 Å². The molecule has 21 heavy (non-hydrogen) atoms. The molecule has 118 valence electrons. The highest BCUT2D eigenvalue weighted by Crippen LogP contribution is 2.41. The zero-order valence-electron chi connectivity index (χ0n) is 12.9. The van der Waals surface area contributed by atoms with Gasteiger partial charge in [0.2, 0.25) is 0 Å². The summed E-state index contributed by atoms with van der Waals surface area (Å²) < 4.78 is 10.5. The lowest BCUT2D eigenvalue weighted by atomic mass is 9.74. The number of likely N-dealkylation sites (tertiary alicyclic amines) is 1. The van der Waals surface area contributed by atoms with E-state index in [9.17, 15) is 9.59 Å². The number of piperidine rings is 1. The molecule has 2 heterocycles. The number of carbonyl (C=O) groups is 2. The zero-order chi connectivity index (χ0) is 15.8. The van der Waals surface area contributed by atoms with Gasteiger partial charge in [0.1, 0.15) is 22.8 Å². The number of ether oxygens (including phenoxy) is 2. The van der Waals surface area contributed by atoms with Crippen LogP contribution >= 0.6 is 0 Å². The molecule has 0 aromatic rings. The van der Waals surface area contributed by atoms with Crippen LogP contribution in [0.3, 0.4) is 0 Å². The average Bonchev–Trinajstić information content (AvgIpc) is 2.59. The van der Waals surface area contributed by atoms with Crippen LogP contribution in [0.25, 0.3) is 0 Å². The molecule has 1 amide bonds. The van der Waals surface area contributed by atoms with Crippen LogP contribution < -0.4 is 0 Å². The predicted octanol–water partition coefficient (Wildman–Crippen LogP) is 1.78. The van der Waals surface area contributed by atoms with Gasteiger partial charge in [0.25, 0.3) is 0 Å². The minimum atomic E-state index is -0.896. The second-order valence-electron chi connectivity index (χ2n) is 6.58. The fraction of sp³-hybridized carbons (Fsp3) is 0.786. The van der Waals surface area contributed by atoms with Gasteiger partial charge in [0, 0.05) is 13.1 Å². The first kappa shape index (κ1) is 15.6. The van der Waals surface area contributed by atoms with E-state index < -0.39 is 17.1 Å². The van der Waals surface area contributed by atoms with Crippen molar-refractivity contribution < 1.29 is 24.3 Å². The first-order valence-corrected chi connectivity index (χ1v) is 7.11. The number of nitrogens with zero attached hydrogens (tertiary/aromatic N) is 2. The van der Waals surface area contributed by atoms with E-state index >= 15 is 0 Å². The number of amides is 1. The molecule has 2 rings (SSSR count). The predicted molar refractivity (Wildman–Crippen MR) is 74.2 cm³/mol. The molecular formula is C14H22N2O5. The molecule has 0 bridgehead atoms. The Morgan fingerprint density at radius 2 is 2.00 bits per heavy atom. The summed E-state index contributed by atoms with van der Waals surface area (Å²) in [5.41, 5.74) is -1.09. The van der Waals surface area contributed by atoms with Crippen LogP contribution in [0.2, 0.25) is 0 Å². The van der Waals surface area contributed by atoms with Crippen LogP contribution in [0.5, 0.6) is 0 Å². The van der Waals surface area contributed by atoms with Gasteiger partial charge in [-0.1, -0.05) is 5.16 Å². The summed E-state index contributed by atoms with van der Waals surface area (Å²) in [6.45, 7) is 7.85. The number of hydrogen-bond donors (Lipinski definition) is 1. The Kier molecular flexibility index (Phi) is 3.86. The molecule has 0 aliphatic carbocycles. The summed E-state index contributed by atoms with van der Waals surface area (Å²) in [6, 6.07) is 0. The lowest BCUT2D eigenvalue weighted by molar-refractivity contribution is -0.150. The van der Waals surface area contributed by atoms with Crippen LogP contribution in [-0.2, 0) is 14.3 Å². The maximum absolute atomic E-state index is 12.1. The number of cyclic esters (lactones) is 1. The molecule has 0 aromatic heterocycles. The molecule has 0 aromatic carbocycles. The first-order chi connectivity index (χ1) is 9.69. The fourth-order valence-electron chi connectivity index (χ4n) is 2.86. The standard InChI is InChI=1S/C14H22N2O5/c1-9-10(15-19)14(11(17)20-9)5-7-16(8-6-14)12(18)21-13(2,3)4/h9,19H,5-8H2,1-4H3. The van der Waals surface area contributed by atoms with E-state index in [0.29, 0.717) is 31.6 Å². The van der Waals surface area contributed by atoms with Crippen molar-refractivity contribution in [2.24, 2.45) is 10.6 Å². The minimum Gasteiger partial charge on any atom is -0.456 e. The van der Waals surface area contributed by atoms with Gasteiger partial charge in [0.15, 0.2) is 0 Å². The van der Waals surface area contributed by atoms with E-state index in [1.54, 1.807) is 11.8 Å². The molecule has 2 aliphatic rings. The molecule has 1 spiro atoms. The number of oxime groups is 1. The van der Waals surface area contributed by atoms with Crippen molar-refractivity contribution in [2.45, 2.75) is 52.2 Å². The van der Waals surface area contributed by atoms with Gasteiger partial charge in [-0.05, 0) is 40.5 Å². The maximum Gasteiger partial charge on any atom is 0.410 e. The molecular weight excluding hydrogens is 276 g/mol. The highest BCUT2D eigenvalue weighted by Gasteiger charge is 2.55. The van der Waals surface area contributed by atoms with Crippen molar-refractivity contribution in [2.75, 3.05) is 13.1 Å². The van der Waals surface area contributed by atoms with Crippen LogP contribution in [0.15, 0.2) is 5.16 Å². The average molecular weight is 298 g/mol. The van der Waals surface area contributed by atoms with Crippen molar-refractivity contribution in [3.05, 3.63) is 0 Å². The Morgan fingerprint density at radius 3 is 2.48 bits per heavy atom. The summed E-state index contributed by atoms with van der Waals surface area (Å²) in [4.78, 5) is 25.7. The SMILES string of the molecule is CC1OC(=O)C2(CCN(C(=O)OC(C)(C)C)CC2)C1=NO. The lowest BCUT2D eigenvalue weighted by Gasteiger charge is -2.37. The van der Waals surface area contributed by atoms with E-state index in [1.807, 2.05) is 20.8 Å². The van der Waals surface area contributed by atoms with Gasteiger partial charge in [-0.3, -0.25) is 4.79 Å². The monoisotopic (exact) mass is 298 g/mol. The third-order valence-electron chi connectivity index (χ3n) is 3.93. The minimum absolute atomic E-state index is 0.358. The van der Waals surface area contributed by atoms with E-state index in [4.69, 9.17) is 14.7 Å². The molecule has 1 N–H and O–H groups in total. The first-order valence-electron chi connectivity index (χ1n) is 7.11. The quantitative estimate of drug-likeness (QED) is 0.418. The molecule has 7 nitrogen and oxygen atoms in total. The smallest absolute Gasteiger partial charge is 0.410 e. The third kappa shape index (κ3) is 2.82. The summed E-state index contributed by atoms with van der Waals surface area (Å²) >= 11 is 0. The van der Waals surface area contributed by atoms with Crippen molar-refractivity contribution in [3.63, 3.8) is 0 Å². The highest BCUT2D eigenvalue weighted by molar-refractivity contribution is 6.13. The van der Waals surface area contributed by atoms with Gasteiger partial charge in [-0.2, -0.15) is 0 Å². The van der Waals surface area contributed by atoms with Gasteiger partial charge >= 0.3 is 12.1 Å². The topological polar surface area (TPSA) is 88.4 Å². The summed E-state index contributed by atoms with van der Waals surface area (Å²) in [5.74, 6) is -0.369. The Bertz CT molecular complexity index is 472. The second-order valence-corrected chi connectivity index (χ2v) is 6.58. The van der Waals surface area contributed by atoms with Gasteiger partial charge in [-0.15, -0.1) is 0 Å². The van der Waals surface area contributed by atoms with Crippen LogP contribution in [0.4, 0.5) is 4.79 Å². The van der Waals surface area contributed by atoms with Crippen molar-refractivity contribution in [3.8, 4) is 0 Å². The molecule has 2 fully saturated rings. The molecule has 0 radical (unpaired) electrons. The largest absolute Gasteiger partial charge is 0.456 e. The Balaban J connectivity index is 2.06. The Hall–Kier alpha value is -1.79. The van der Waals surface area contributed by atoms with Crippen LogP contribution in [0, 0.1) is 5.41 Å². The zero-order valence-corrected chi connectivity index (χ0v) is 12.9. The van der Waals surface area contributed by atoms with E-state index in [0.717, 1.165) is 0 Å². The van der Waals surface area contributed by atoms with Crippen molar-refractivity contribution in [1.29, 1.82) is 0 Å². The van der Waals surface area contributed by atoms with E-state index in [-0.39, 0.29) is 12.1 Å². The second kappa shape index (κ2) is 5.20. The number of carbonyl (C=O) groups excluding carboxylic acids is 2. The third-order valence-corrected chi connectivity index (χ3v) is 3.93. The van der Waals surface area contributed by atoms with Gasteiger partial charge < -0.3 is 19.6 Å². The number of hydrogen-bond acceptors (Lipinski definition) is 6. The van der Waals surface area contributed by atoms with E-state index in [1.165, 1.54) is 0 Å². The maximum atomic E-state index is 12.1. The molecule has 2 aliphatic heterocycles. The Labute approximate surface area is 123 Å². The summed E-state index contributed by atoms with van der Waals surface area (Å²) in [6.07, 6.45) is -0.140. The lowest BCUT2D eigenvalue weighted by Crippen LogP contribution is -2.49. The summed E-state index contributed by atoms with van der Waals surface area (Å²) in [7, 11) is 0. The normalized spacial score (nSPS) is 27.0.